The molecule has 1 aromatic heterocycles. The summed E-state index contributed by atoms with van der Waals surface area (Å²) in [5, 5.41) is 22.2. The van der Waals surface area contributed by atoms with Gasteiger partial charge in [-0.25, -0.2) is 0 Å². The number of nitrogens with one attached hydrogen (secondary N) is 1. The number of pyridine rings is 1. The maximum Gasteiger partial charge on any atom is 0.250 e. The van der Waals surface area contributed by atoms with Crippen molar-refractivity contribution in [3.63, 3.8) is 0 Å². The predicted molar refractivity (Wildman–Crippen MR) is 73.5 cm³/mol. The van der Waals surface area contributed by atoms with E-state index in [-0.39, 0.29) is 23.1 Å². The van der Waals surface area contributed by atoms with Crippen molar-refractivity contribution in [3.05, 3.63) is 52.4 Å². The molecule has 0 spiro atoms. The lowest BCUT2D eigenvalue weighted by molar-refractivity contribution is 0.444. The molecule has 0 aliphatic heterocycles. The zero-order chi connectivity index (χ0) is 14.0. The second-order valence-corrected chi connectivity index (χ2v) is 4.48. The van der Waals surface area contributed by atoms with E-state index in [1.54, 1.807) is 25.4 Å². The number of phenols is 2. The van der Waals surface area contributed by atoms with Crippen molar-refractivity contribution in [1.29, 1.82) is 0 Å². The highest BCUT2D eigenvalue weighted by Crippen LogP contribution is 2.29. The minimum Gasteiger partial charge on any atom is -0.508 e. The van der Waals surface area contributed by atoms with E-state index >= 15 is 0 Å². The number of aryl methyl sites for hydroxylation is 1. The van der Waals surface area contributed by atoms with Crippen LogP contribution in [-0.4, -0.2) is 14.8 Å². The van der Waals surface area contributed by atoms with Crippen LogP contribution in [0.5, 0.6) is 11.5 Å². The van der Waals surface area contributed by atoms with Crippen LogP contribution in [0.1, 0.15) is 18.5 Å². The molecule has 19 heavy (non-hydrogen) atoms. The molecule has 0 saturated heterocycles. The third-order valence-electron chi connectivity index (χ3n) is 2.95. The molecule has 1 aromatic carbocycles. The third kappa shape index (κ3) is 2.88. The Hall–Kier alpha value is -2.43. The Labute approximate surface area is 110 Å². The fraction of sp³-hybridized carbons (Fsp3) is 0.214. The van der Waals surface area contributed by atoms with Gasteiger partial charge in [0, 0.05) is 30.9 Å². The van der Waals surface area contributed by atoms with E-state index in [0.717, 1.165) is 5.69 Å². The van der Waals surface area contributed by atoms with Gasteiger partial charge in [0.15, 0.2) is 0 Å². The molecular formula is C14H16N2O3. The summed E-state index contributed by atoms with van der Waals surface area (Å²) < 4.78 is 1.48. The highest BCUT2D eigenvalue weighted by molar-refractivity contribution is 5.47. The Kier molecular flexibility index (Phi) is 3.46. The zero-order valence-electron chi connectivity index (χ0n) is 10.8. The van der Waals surface area contributed by atoms with Gasteiger partial charge < -0.3 is 20.1 Å². The molecule has 0 amide bonds. The number of aromatic hydroxyl groups is 2. The standard InChI is InChI=1S/C14H16N2O3/c1-9(12-5-4-11(17)7-13(12)18)15-10-3-6-14(19)16(2)8-10/h3-9,15,17-18H,1-2H3. The first-order valence-corrected chi connectivity index (χ1v) is 5.92. The zero-order valence-corrected chi connectivity index (χ0v) is 10.8. The van der Waals surface area contributed by atoms with Gasteiger partial charge in [0.1, 0.15) is 11.5 Å². The first kappa shape index (κ1) is 13.0. The van der Waals surface area contributed by atoms with Crippen LogP contribution in [0.4, 0.5) is 5.69 Å². The predicted octanol–water partition coefficient (Wildman–Crippen LogP) is 1.97. The highest BCUT2D eigenvalue weighted by Gasteiger charge is 2.11. The molecule has 1 heterocycles. The number of hydrogen-bond acceptors (Lipinski definition) is 4. The van der Waals surface area contributed by atoms with Gasteiger partial charge in [0.05, 0.1) is 11.7 Å². The van der Waals surface area contributed by atoms with E-state index in [1.807, 2.05) is 6.92 Å². The Balaban J connectivity index is 2.22. The van der Waals surface area contributed by atoms with Crippen LogP contribution in [0.25, 0.3) is 0 Å². The van der Waals surface area contributed by atoms with Crippen LogP contribution in [-0.2, 0) is 7.05 Å². The first-order valence-electron chi connectivity index (χ1n) is 5.92. The van der Waals surface area contributed by atoms with Crippen molar-refractivity contribution in [2.24, 2.45) is 7.05 Å². The van der Waals surface area contributed by atoms with Gasteiger partial charge in [-0.05, 0) is 25.1 Å². The van der Waals surface area contributed by atoms with E-state index < -0.39 is 0 Å². The Morgan fingerprint density at radius 1 is 1.21 bits per heavy atom. The molecule has 0 fully saturated rings. The van der Waals surface area contributed by atoms with Crippen molar-refractivity contribution in [2.45, 2.75) is 13.0 Å². The molecule has 0 aliphatic rings. The van der Waals surface area contributed by atoms with Crippen molar-refractivity contribution in [3.8, 4) is 11.5 Å². The van der Waals surface area contributed by atoms with Crippen LogP contribution in [0.3, 0.4) is 0 Å². The molecule has 0 saturated carbocycles. The average Bonchev–Trinajstić information content (AvgIpc) is 2.33. The van der Waals surface area contributed by atoms with Gasteiger partial charge in [-0.1, -0.05) is 0 Å². The van der Waals surface area contributed by atoms with Crippen LogP contribution in [0.15, 0.2) is 41.3 Å². The summed E-state index contributed by atoms with van der Waals surface area (Å²) in [6, 6.07) is 7.49. The molecule has 2 aromatic rings. The number of rotatable bonds is 3. The Bertz CT molecular complexity index is 649. The van der Waals surface area contributed by atoms with E-state index in [1.165, 1.54) is 22.8 Å². The Morgan fingerprint density at radius 3 is 2.58 bits per heavy atom. The number of anilines is 1. The molecule has 3 N–H and O–H groups in total. The lowest BCUT2D eigenvalue weighted by Gasteiger charge is -2.17. The fourth-order valence-electron chi connectivity index (χ4n) is 1.91. The number of benzene rings is 1. The highest BCUT2D eigenvalue weighted by atomic mass is 16.3. The van der Waals surface area contributed by atoms with Crippen molar-refractivity contribution in [1.82, 2.24) is 4.57 Å². The largest absolute Gasteiger partial charge is 0.508 e. The number of aromatic nitrogens is 1. The van der Waals surface area contributed by atoms with Gasteiger partial charge in [-0.2, -0.15) is 0 Å². The second-order valence-electron chi connectivity index (χ2n) is 4.48. The molecule has 1 unspecified atom stereocenters. The molecule has 1 atom stereocenters. The molecular weight excluding hydrogens is 244 g/mol. The van der Waals surface area contributed by atoms with Crippen LogP contribution >= 0.6 is 0 Å². The summed E-state index contributed by atoms with van der Waals surface area (Å²) in [5.74, 6) is 0.0559. The van der Waals surface area contributed by atoms with E-state index in [9.17, 15) is 15.0 Å². The first-order chi connectivity index (χ1) is 8.97. The maximum atomic E-state index is 11.3. The van der Waals surface area contributed by atoms with Gasteiger partial charge in [0.25, 0.3) is 0 Å². The average molecular weight is 260 g/mol. The number of hydrogen-bond donors (Lipinski definition) is 3. The van der Waals surface area contributed by atoms with Crippen LogP contribution < -0.4 is 10.9 Å². The third-order valence-corrected chi connectivity index (χ3v) is 2.95. The summed E-state index contributed by atoms with van der Waals surface area (Å²) in [6.07, 6.45) is 1.69. The summed E-state index contributed by atoms with van der Waals surface area (Å²) in [5.41, 5.74) is 1.37. The van der Waals surface area contributed by atoms with Crippen molar-refractivity contribution < 1.29 is 10.2 Å². The van der Waals surface area contributed by atoms with Gasteiger partial charge in [-0.3, -0.25) is 4.79 Å². The topological polar surface area (TPSA) is 74.5 Å². The second kappa shape index (κ2) is 5.06. The fourth-order valence-corrected chi connectivity index (χ4v) is 1.91. The minimum absolute atomic E-state index is 0.0237. The number of nitrogens with zero attached hydrogens (tertiary/aromatic N) is 1. The van der Waals surface area contributed by atoms with Crippen molar-refractivity contribution in [2.75, 3.05) is 5.32 Å². The lowest BCUT2D eigenvalue weighted by atomic mass is 10.1. The molecule has 5 heteroatoms. The SMILES string of the molecule is CC(Nc1ccc(=O)n(C)c1)c1ccc(O)cc1O. The molecule has 0 radical (unpaired) electrons. The van der Waals surface area contributed by atoms with Gasteiger partial charge in [0.2, 0.25) is 5.56 Å². The van der Waals surface area contributed by atoms with Crippen LogP contribution in [0.2, 0.25) is 0 Å². The smallest absolute Gasteiger partial charge is 0.250 e. The molecule has 5 nitrogen and oxygen atoms in total. The van der Waals surface area contributed by atoms with Crippen molar-refractivity contribution >= 4 is 5.69 Å². The molecule has 0 aliphatic carbocycles. The summed E-state index contributed by atoms with van der Waals surface area (Å²) >= 11 is 0. The Morgan fingerprint density at radius 2 is 1.95 bits per heavy atom. The molecule has 100 valence electrons. The quantitative estimate of drug-likeness (QED) is 0.788. The molecule has 2 rings (SSSR count). The van der Waals surface area contributed by atoms with Gasteiger partial charge in [-0.15, -0.1) is 0 Å². The monoisotopic (exact) mass is 260 g/mol. The minimum atomic E-state index is -0.155. The summed E-state index contributed by atoms with van der Waals surface area (Å²) in [4.78, 5) is 11.3. The van der Waals surface area contributed by atoms with Gasteiger partial charge >= 0.3 is 0 Å². The van der Waals surface area contributed by atoms with E-state index in [0.29, 0.717) is 5.56 Å². The summed E-state index contributed by atoms with van der Waals surface area (Å²) in [6.45, 7) is 1.89. The van der Waals surface area contributed by atoms with Crippen LogP contribution in [0, 0.1) is 0 Å². The number of phenolic OH excluding ortho intramolecular Hbond substituents is 2. The van der Waals surface area contributed by atoms with E-state index in [2.05, 4.69) is 5.32 Å². The maximum absolute atomic E-state index is 11.3. The normalized spacial score (nSPS) is 12.1. The lowest BCUT2D eigenvalue weighted by Crippen LogP contribution is -2.16. The molecule has 0 bridgehead atoms. The van der Waals surface area contributed by atoms with E-state index in [4.69, 9.17) is 0 Å². The summed E-state index contributed by atoms with van der Waals surface area (Å²) in [7, 11) is 1.68.